The lowest BCUT2D eigenvalue weighted by atomic mass is 10.0. The molecule has 194 valence electrons. The number of carbonyl (C=O) groups excluding carboxylic acids is 3. The quantitative estimate of drug-likeness (QED) is 0.241. The second kappa shape index (κ2) is 12.0. The Hall–Kier alpha value is -3.10. The van der Waals surface area contributed by atoms with Crippen molar-refractivity contribution in [3.63, 3.8) is 0 Å². The SMILES string of the molecule is C=CC(=O)N1CC(NC(=O)Cn2cc(C(=O)CCC(CC)Oc3cccc(Cl)c3)c3cc(Br)ccc32)C1. The average molecular weight is 587 g/mol. The fraction of sp³-hybridized carbons (Fsp3) is 0.321. The van der Waals surface area contributed by atoms with Gasteiger partial charge in [0.1, 0.15) is 12.3 Å². The molecule has 0 saturated carbocycles. The zero-order chi connectivity index (χ0) is 26.5. The van der Waals surface area contributed by atoms with Crippen LogP contribution in [0.4, 0.5) is 0 Å². The van der Waals surface area contributed by atoms with Crippen molar-refractivity contribution in [3.8, 4) is 5.75 Å². The van der Waals surface area contributed by atoms with E-state index in [1.165, 1.54) is 6.08 Å². The number of benzene rings is 2. The number of Topliss-reactive ketones (excluding diaryl/α,β-unsaturated/α-hetero) is 1. The minimum absolute atomic E-state index is 0.00651. The highest BCUT2D eigenvalue weighted by atomic mass is 79.9. The molecule has 1 N–H and O–H groups in total. The van der Waals surface area contributed by atoms with Crippen LogP contribution in [0.1, 0.15) is 36.5 Å². The third-order valence-corrected chi connectivity index (χ3v) is 7.17. The molecule has 0 aliphatic carbocycles. The molecular weight excluding hydrogens is 558 g/mol. The van der Waals surface area contributed by atoms with Gasteiger partial charge in [-0.2, -0.15) is 0 Å². The van der Waals surface area contributed by atoms with E-state index < -0.39 is 0 Å². The van der Waals surface area contributed by atoms with E-state index in [4.69, 9.17) is 16.3 Å². The van der Waals surface area contributed by atoms with Crippen molar-refractivity contribution >= 4 is 56.0 Å². The lowest BCUT2D eigenvalue weighted by Gasteiger charge is -2.38. The molecule has 1 saturated heterocycles. The number of hydrogen-bond donors (Lipinski definition) is 1. The van der Waals surface area contributed by atoms with E-state index in [1.54, 1.807) is 27.8 Å². The molecule has 37 heavy (non-hydrogen) atoms. The molecular formula is C28H29BrClN3O4. The van der Waals surface area contributed by atoms with Gasteiger partial charge in [-0.25, -0.2) is 0 Å². The summed E-state index contributed by atoms with van der Waals surface area (Å²) in [5.41, 5.74) is 1.38. The highest BCUT2D eigenvalue weighted by Gasteiger charge is 2.30. The standard InChI is InChI=1S/C28H29BrClN3O4/c1-3-21(37-22-7-5-6-19(30)13-22)9-11-26(34)24-16-32(25-10-8-18(29)12-23(24)25)17-27(35)31-20-14-33(15-20)28(36)4-2/h4-8,10,12-13,16,20-21H,2-3,9,11,14-15,17H2,1H3,(H,31,35). The summed E-state index contributed by atoms with van der Waals surface area (Å²) in [4.78, 5) is 39.3. The van der Waals surface area contributed by atoms with Gasteiger partial charge in [-0.1, -0.05) is 47.1 Å². The molecule has 2 amide bonds. The number of carbonyl (C=O) groups is 3. The van der Waals surface area contributed by atoms with Gasteiger partial charge < -0.3 is 19.5 Å². The first-order valence-corrected chi connectivity index (χ1v) is 13.4. The van der Waals surface area contributed by atoms with Crippen LogP contribution in [0.3, 0.4) is 0 Å². The van der Waals surface area contributed by atoms with Crippen LogP contribution in [-0.4, -0.2) is 52.3 Å². The maximum absolute atomic E-state index is 13.3. The summed E-state index contributed by atoms with van der Waals surface area (Å²) in [7, 11) is 0. The maximum atomic E-state index is 13.3. The number of ketones is 1. The molecule has 1 aliphatic rings. The van der Waals surface area contributed by atoms with Gasteiger partial charge in [-0.15, -0.1) is 0 Å². The molecule has 0 spiro atoms. The number of rotatable bonds is 11. The van der Waals surface area contributed by atoms with Crippen molar-refractivity contribution in [3.05, 3.63) is 76.4 Å². The van der Waals surface area contributed by atoms with Crippen molar-refractivity contribution in [2.75, 3.05) is 13.1 Å². The molecule has 0 radical (unpaired) electrons. The maximum Gasteiger partial charge on any atom is 0.246 e. The minimum atomic E-state index is -0.171. The zero-order valence-electron chi connectivity index (χ0n) is 20.6. The van der Waals surface area contributed by atoms with E-state index in [2.05, 4.69) is 27.8 Å². The molecule has 9 heteroatoms. The zero-order valence-corrected chi connectivity index (χ0v) is 22.9. The molecule has 1 unspecified atom stereocenters. The lowest BCUT2D eigenvalue weighted by molar-refractivity contribution is -0.133. The van der Waals surface area contributed by atoms with Crippen molar-refractivity contribution in [1.82, 2.24) is 14.8 Å². The second-order valence-electron chi connectivity index (χ2n) is 9.11. The van der Waals surface area contributed by atoms with E-state index in [1.807, 2.05) is 37.3 Å². The molecule has 1 fully saturated rings. The van der Waals surface area contributed by atoms with Crippen LogP contribution in [-0.2, 0) is 16.1 Å². The Balaban J connectivity index is 1.42. The van der Waals surface area contributed by atoms with Gasteiger partial charge in [0, 0.05) is 51.7 Å². The predicted octanol–water partition coefficient (Wildman–Crippen LogP) is 5.39. The van der Waals surface area contributed by atoms with Gasteiger partial charge >= 0.3 is 0 Å². The van der Waals surface area contributed by atoms with Crippen molar-refractivity contribution < 1.29 is 19.1 Å². The molecule has 1 aliphatic heterocycles. The van der Waals surface area contributed by atoms with E-state index in [-0.39, 0.29) is 36.3 Å². The first kappa shape index (κ1) is 26.9. The summed E-state index contributed by atoms with van der Waals surface area (Å²) in [5, 5.41) is 4.35. The van der Waals surface area contributed by atoms with E-state index in [9.17, 15) is 14.4 Å². The summed E-state index contributed by atoms with van der Waals surface area (Å²) >= 11 is 9.56. The van der Waals surface area contributed by atoms with E-state index in [0.717, 1.165) is 21.8 Å². The van der Waals surface area contributed by atoms with Crippen LogP contribution in [0.2, 0.25) is 5.02 Å². The van der Waals surface area contributed by atoms with Gasteiger partial charge in [-0.05, 0) is 55.3 Å². The highest BCUT2D eigenvalue weighted by molar-refractivity contribution is 9.10. The number of nitrogens with one attached hydrogen (secondary N) is 1. The number of hydrogen-bond acceptors (Lipinski definition) is 4. The molecule has 1 aromatic heterocycles. The van der Waals surface area contributed by atoms with Crippen LogP contribution >= 0.6 is 27.5 Å². The van der Waals surface area contributed by atoms with Gasteiger partial charge in [0.2, 0.25) is 11.8 Å². The molecule has 2 heterocycles. The number of ether oxygens (including phenoxy) is 1. The van der Waals surface area contributed by atoms with Crippen LogP contribution in [0.5, 0.6) is 5.75 Å². The van der Waals surface area contributed by atoms with Gasteiger partial charge in [-0.3, -0.25) is 14.4 Å². The third kappa shape index (κ3) is 6.62. The summed E-state index contributed by atoms with van der Waals surface area (Å²) < 4.78 is 8.70. The fourth-order valence-electron chi connectivity index (χ4n) is 4.44. The Bertz CT molecular complexity index is 1330. The molecule has 4 rings (SSSR count). The van der Waals surface area contributed by atoms with Crippen molar-refractivity contribution in [1.29, 1.82) is 0 Å². The third-order valence-electron chi connectivity index (χ3n) is 6.44. The largest absolute Gasteiger partial charge is 0.490 e. The lowest BCUT2D eigenvalue weighted by Crippen LogP contribution is -2.61. The fourth-order valence-corrected chi connectivity index (χ4v) is 4.98. The molecule has 2 aromatic carbocycles. The van der Waals surface area contributed by atoms with Crippen LogP contribution in [0, 0.1) is 0 Å². The molecule has 7 nitrogen and oxygen atoms in total. The number of fused-ring (bicyclic) bond motifs is 1. The first-order chi connectivity index (χ1) is 17.8. The van der Waals surface area contributed by atoms with Gasteiger partial charge in [0.25, 0.3) is 0 Å². The summed E-state index contributed by atoms with van der Waals surface area (Å²) in [6.45, 7) is 6.52. The monoisotopic (exact) mass is 585 g/mol. The van der Waals surface area contributed by atoms with E-state index in [0.29, 0.717) is 42.3 Å². The summed E-state index contributed by atoms with van der Waals surface area (Å²) in [5.74, 6) is 0.365. The van der Waals surface area contributed by atoms with Crippen LogP contribution in [0.15, 0.2) is 65.8 Å². The minimum Gasteiger partial charge on any atom is -0.490 e. The Morgan fingerprint density at radius 3 is 2.73 bits per heavy atom. The molecule has 3 aromatic rings. The Morgan fingerprint density at radius 2 is 2.03 bits per heavy atom. The first-order valence-electron chi connectivity index (χ1n) is 12.2. The molecule has 0 bridgehead atoms. The second-order valence-corrected chi connectivity index (χ2v) is 10.5. The molecule has 1 atom stereocenters. The number of halogens is 2. The number of amides is 2. The summed E-state index contributed by atoms with van der Waals surface area (Å²) in [6.07, 6.45) is 4.53. The number of aromatic nitrogens is 1. The van der Waals surface area contributed by atoms with E-state index >= 15 is 0 Å². The predicted molar refractivity (Wildman–Crippen MR) is 148 cm³/mol. The average Bonchev–Trinajstić information content (AvgIpc) is 3.20. The van der Waals surface area contributed by atoms with Crippen molar-refractivity contribution in [2.45, 2.75) is 44.9 Å². The summed E-state index contributed by atoms with van der Waals surface area (Å²) in [6, 6.07) is 12.8. The number of likely N-dealkylation sites (tertiary alicyclic amines) is 1. The Kier molecular flexibility index (Phi) is 8.71. The smallest absolute Gasteiger partial charge is 0.246 e. The number of nitrogens with zero attached hydrogens (tertiary/aromatic N) is 2. The highest BCUT2D eigenvalue weighted by Crippen LogP contribution is 2.28. The topological polar surface area (TPSA) is 80.6 Å². The van der Waals surface area contributed by atoms with Crippen LogP contribution in [0.25, 0.3) is 10.9 Å². The Morgan fingerprint density at radius 1 is 1.24 bits per heavy atom. The normalized spacial score (nSPS) is 14.2. The Labute approximate surface area is 229 Å². The van der Waals surface area contributed by atoms with Crippen LogP contribution < -0.4 is 10.1 Å². The van der Waals surface area contributed by atoms with Crippen molar-refractivity contribution in [2.24, 2.45) is 0 Å². The van der Waals surface area contributed by atoms with Gasteiger partial charge in [0.05, 0.1) is 12.1 Å². The van der Waals surface area contributed by atoms with Gasteiger partial charge in [0.15, 0.2) is 5.78 Å².